The number of ether oxygens (including phenoxy) is 1. The molecule has 2 aromatic carbocycles. The van der Waals surface area contributed by atoms with Gasteiger partial charge < -0.3 is 14.7 Å². The molecule has 4 nitrogen and oxygen atoms in total. The molecule has 0 aliphatic heterocycles. The number of hydrogen-bond donors (Lipinski definition) is 1. The van der Waals surface area contributed by atoms with Crippen molar-refractivity contribution in [3.8, 4) is 11.5 Å². The summed E-state index contributed by atoms with van der Waals surface area (Å²) in [4.78, 5) is 14.2. The number of carbonyl (C=O) groups excluding carboxylic acids is 1. The molecule has 116 valence electrons. The smallest absolute Gasteiger partial charge is 0.257 e. The zero-order chi connectivity index (χ0) is 15.9. The Morgan fingerprint density at radius 2 is 2.00 bits per heavy atom. The van der Waals surface area contributed by atoms with Crippen molar-refractivity contribution in [2.45, 2.75) is 6.92 Å². The van der Waals surface area contributed by atoms with Crippen LogP contribution in [0.15, 0.2) is 53.0 Å². The van der Waals surface area contributed by atoms with Crippen LogP contribution in [-0.4, -0.2) is 35.6 Å². The van der Waals surface area contributed by atoms with Crippen molar-refractivity contribution < 1.29 is 14.6 Å². The lowest BCUT2D eigenvalue weighted by molar-refractivity contribution is 0.0729. The fourth-order valence-electron chi connectivity index (χ4n) is 2.08. The SMILES string of the molecule is CCN(CCO)C(=O)c1ccccc1Oc1cccc(Br)c1. The number of aliphatic hydroxyl groups is 1. The minimum absolute atomic E-state index is 0.0613. The van der Waals surface area contributed by atoms with E-state index in [1.54, 1.807) is 23.1 Å². The maximum absolute atomic E-state index is 12.6. The summed E-state index contributed by atoms with van der Waals surface area (Å²) in [6.07, 6.45) is 0. The molecular weight excluding hydrogens is 346 g/mol. The highest BCUT2D eigenvalue weighted by molar-refractivity contribution is 9.10. The second-order valence-corrected chi connectivity index (χ2v) is 5.58. The summed E-state index contributed by atoms with van der Waals surface area (Å²) in [6, 6.07) is 14.6. The van der Waals surface area contributed by atoms with Gasteiger partial charge >= 0.3 is 0 Å². The zero-order valence-electron chi connectivity index (χ0n) is 12.3. The maximum Gasteiger partial charge on any atom is 0.257 e. The summed E-state index contributed by atoms with van der Waals surface area (Å²) < 4.78 is 6.75. The third-order valence-electron chi connectivity index (χ3n) is 3.18. The van der Waals surface area contributed by atoms with E-state index in [4.69, 9.17) is 9.84 Å². The van der Waals surface area contributed by atoms with Gasteiger partial charge in [0.15, 0.2) is 0 Å². The van der Waals surface area contributed by atoms with E-state index in [-0.39, 0.29) is 12.5 Å². The molecule has 0 fully saturated rings. The summed E-state index contributed by atoms with van der Waals surface area (Å²) in [6.45, 7) is 2.66. The monoisotopic (exact) mass is 363 g/mol. The Bertz CT molecular complexity index is 645. The van der Waals surface area contributed by atoms with Gasteiger partial charge in [0.1, 0.15) is 11.5 Å². The third kappa shape index (κ3) is 4.08. The van der Waals surface area contributed by atoms with Gasteiger partial charge in [-0.1, -0.05) is 34.1 Å². The number of benzene rings is 2. The molecule has 0 saturated heterocycles. The zero-order valence-corrected chi connectivity index (χ0v) is 13.9. The fourth-order valence-corrected chi connectivity index (χ4v) is 2.46. The largest absolute Gasteiger partial charge is 0.456 e. The molecule has 0 spiro atoms. The van der Waals surface area contributed by atoms with Crippen LogP contribution < -0.4 is 4.74 Å². The molecule has 0 aromatic heterocycles. The van der Waals surface area contributed by atoms with Crippen molar-refractivity contribution in [2.24, 2.45) is 0 Å². The summed E-state index contributed by atoms with van der Waals surface area (Å²) >= 11 is 3.39. The molecular formula is C17H18BrNO3. The van der Waals surface area contributed by atoms with Gasteiger partial charge in [-0.2, -0.15) is 0 Å². The number of hydrogen-bond acceptors (Lipinski definition) is 3. The second-order valence-electron chi connectivity index (χ2n) is 4.66. The van der Waals surface area contributed by atoms with Crippen LogP contribution in [0.25, 0.3) is 0 Å². The Morgan fingerprint density at radius 1 is 1.23 bits per heavy atom. The standard InChI is InChI=1S/C17H18BrNO3/c1-2-19(10-11-20)17(21)15-8-3-4-9-16(15)22-14-7-5-6-13(18)12-14/h3-9,12,20H,2,10-11H2,1H3. The summed E-state index contributed by atoms with van der Waals surface area (Å²) in [7, 11) is 0. The van der Waals surface area contributed by atoms with Crippen LogP contribution in [0.5, 0.6) is 11.5 Å². The fraction of sp³-hybridized carbons (Fsp3) is 0.235. The Balaban J connectivity index is 2.28. The maximum atomic E-state index is 12.6. The molecule has 5 heteroatoms. The molecule has 0 aliphatic carbocycles. The van der Waals surface area contributed by atoms with Crippen LogP contribution in [0, 0.1) is 0 Å². The van der Waals surface area contributed by atoms with Crippen LogP contribution in [0.4, 0.5) is 0 Å². The minimum Gasteiger partial charge on any atom is -0.456 e. The summed E-state index contributed by atoms with van der Waals surface area (Å²) in [5, 5.41) is 9.07. The first kappa shape index (κ1) is 16.5. The van der Waals surface area contributed by atoms with Gasteiger partial charge in [-0.25, -0.2) is 0 Å². The first-order chi connectivity index (χ1) is 10.7. The van der Waals surface area contributed by atoms with Crippen LogP contribution in [-0.2, 0) is 0 Å². The lowest BCUT2D eigenvalue weighted by Gasteiger charge is -2.21. The predicted octanol–water partition coefficient (Wildman–Crippen LogP) is 3.70. The van der Waals surface area contributed by atoms with Crippen molar-refractivity contribution in [3.05, 3.63) is 58.6 Å². The van der Waals surface area contributed by atoms with Crippen LogP contribution >= 0.6 is 15.9 Å². The summed E-state index contributed by atoms with van der Waals surface area (Å²) in [5.41, 5.74) is 0.484. The number of amides is 1. The molecule has 0 unspecified atom stereocenters. The minimum atomic E-state index is -0.151. The average molecular weight is 364 g/mol. The van der Waals surface area contributed by atoms with E-state index in [0.29, 0.717) is 30.2 Å². The first-order valence-electron chi connectivity index (χ1n) is 7.08. The van der Waals surface area contributed by atoms with Crippen molar-refractivity contribution >= 4 is 21.8 Å². The van der Waals surface area contributed by atoms with Crippen LogP contribution in [0.1, 0.15) is 17.3 Å². The van der Waals surface area contributed by atoms with Crippen LogP contribution in [0.2, 0.25) is 0 Å². The molecule has 0 radical (unpaired) electrons. The molecule has 0 bridgehead atoms. The van der Waals surface area contributed by atoms with Crippen molar-refractivity contribution in [1.29, 1.82) is 0 Å². The van der Waals surface area contributed by atoms with Gasteiger partial charge in [-0.05, 0) is 37.3 Å². The molecule has 2 aromatic rings. The quantitative estimate of drug-likeness (QED) is 0.851. The molecule has 1 N–H and O–H groups in total. The van der Waals surface area contributed by atoms with E-state index >= 15 is 0 Å². The van der Waals surface area contributed by atoms with Gasteiger partial charge in [0.05, 0.1) is 12.2 Å². The van der Waals surface area contributed by atoms with E-state index in [1.807, 2.05) is 37.3 Å². The van der Waals surface area contributed by atoms with Gasteiger partial charge in [-0.3, -0.25) is 4.79 Å². The highest BCUT2D eigenvalue weighted by Crippen LogP contribution is 2.28. The second kappa shape index (κ2) is 7.96. The highest BCUT2D eigenvalue weighted by Gasteiger charge is 2.18. The third-order valence-corrected chi connectivity index (χ3v) is 3.67. The lowest BCUT2D eigenvalue weighted by atomic mass is 10.1. The van der Waals surface area contributed by atoms with Crippen molar-refractivity contribution in [2.75, 3.05) is 19.7 Å². The van der Waals surface area contributed by atoms with Gasteiger partial charge in [0.25, 0.3) is 5.91 Å². The number of nitrogens with zero attached hydrogens (tertiary/aromatic N) is 1. The Kier molecular flexibility index (Phi) is 5.98. The number of carbonyl (C=O) groups is 1. The van der Waals surface area contributed by atoms with E-state index in [9.17, 15) is 4.79 Å². The van der Waals surface area contributed by atoms with Gasteiger partial charge in [-0.15, -0.1) is 0 Å². The van der Waals surface area contributed by atoms with E-state index < -0.39 is 0 Å². The molecule has 2 rings (SSSR count). The van der Waals surface area contributed by atoms with Crippen molar-refractivity contribution in [3.63, 3.8) is 0 Å². The van der Waals surface area contributed by atoms with Crippen LogP contribution in [0.3, 0.4) is 0 Å². The first-order valence-corrected chi connectivity index (χ1v) is 7.87. The number of likely N-dealkylation sites (N-methyl/N-ethyl adjacent to an activating group) is 1. The average Bonchev–Trinajstić information content (AvgIpc) is 2.52. The molecule has 1 amide bonds. The normalized spacial score (nSPS) is 10.3. The number of halogens is 1. The topological polar surface area (TPSA) is 49.8 Å². The van der Waals surface area contributed by atoms with E-state index in [1.165, 1.54) is 0 Å². The van der Waals surface area contributed by atoms with E-state index in [2.05, 4.69) is 15.9 Å². The molecule has 22 heavy (non-hydrogen) atoms. The highest BCUT2D eigenvalue weighted by atomic mass is 79.9. The molecule has 0 aliphatic rings. The predicted molar refractivity (Wildman–Crippen MR) is 89.3 cm³/mol. The Labute approximate surface area is 138 Å². The van der Waals surface area contributed by atoms with Gasteiger partial charge in [0, 0.05) is 17.6 Å². The lowest BCUT2D eigenvalue weighted by Crippen LogP contribution is -2.33. The number of para-hydroxylation sites is 1. The molecule has 0 atom stereocenters. The van der Waals surface area contributed by atoms with Gasteiger partial charge in [0.2, 0.25) is 0 Å². The molecule has 0 heterocycles. The number of rotatable bonds is 6. The Hall–Kier alpha value is -1.85. The number of aliphatic hydroxyl groups excluding tert-OH is 1. The van der Waals surface area contributed by atoms with Crippen molar-refractivity contribution in [1.82, 2.24) is 4.90 Å². The Morgan fingerprint density at radius 3 is 2.68 bits per heavy atom. The van der Waals surface area contributed by atoms with E-state index in [0.717, 1.165) is 4.47 Å². The molecule has 0 saturated carbocycles. The summed E-state index contributed by atoms with van der Waals surface area (Å²) in [5.74, 6) is 1.00.